The number of hydrazine groups is 1. The van der Waals surface area contributed by atoms with Gasteiger partial charge >= 0.3 is 12.2 Å². The van der Waals surface area contributed by atoms with Crippen LogP contribution in [0.1, 0.15) is 91.5 Å². The van der Waals surface area contributed by atoms with E-state index in [1.165, 1.54) is 30.4 Å². The molecule has 6 aromatic rings. The first-order valence-corrected chi connectivity index (χ1v) is 24.9. The third-order valence-electron chi connectivity index (χ3n) is 10.2. The molecule has 0 spiro atoms. The molecule has 2 aromatic heterocycles. The van der Waals surface area contributed by atoms with Crippen molar-refractivity contribution in [2.75, 3.05) is 13.1 Å². The van der Waals surface area contributed by atoms with Crippen LogP contribution in [-0.2, 0) is 42.4 Å². The lowest BCUT2D eigenvalue weighted by atomic mass is 10.1. The van der Waals surface area contributed by atoms with Gasteiger partial charge < -0.3 is 18.9 Å². The Morgan fingerprint density at radius 3 is 1.18 bits per heavy atom. The molecule has 354 valence electrons. The van der Waals surface area contributed by atoms with E-state index in [1.54, 1.807) is 126 Å². The summed E-state index contributed by atoms with van der Waals surface area (Å²) in [5.41, 5.74) is 1.73. The number of hydrogen-bond acceptors (Lipinski definition) is 10. The molecule has 2 heterocycles. The van der Waals surface area contributed by atoms with Crippen LogP contribution in [-0.4, -0.2) is 83.5 Å². The smallest absolute Gasteiger partial charge is 0.429 e. The van der Waals surface area contributed by atoms with Crippen LogP contribution in [0.4, 0.5) is 9.59 Å². The van der Waals surface area contributed by atoms with Crippen molar-refractivity contribution in [1.82, 2.24) is 18.0 Å². The van der Waals surface area contributed by atoms with E-state index in [9.17, 15) is 26.4 Å². The van der Waals surface area contributed by atoms with E-state index in [0.717, 1.165) is 11.1 Å². The lowest BCUT2D eigenvalue weighted by Gasteiger charge is -2.36. The van der Waals surface area contributed by atoms with E-state index in [1.807, 2.05) is 41.5 Å². The summed E-state index contributed by atoms with van der Waals surface area (Å²) in [6.45, 7) is 21.2. The number of ether oxygens (including phenoxy) is 4. The number of benzene rings is 4. The number of hydrogen-bond donors (Lipinski definition) is 0. The molecular weight excluding hydrogens is 881 g/mol. The third-order valence-corrected chi connectivity index (χ3v) is 13.6. The van der Waals surface area contributed by atoms with E-state index in [2.05, 4.69) is 0 Å². The highest BCUT2D eigenvalue weighted by Crippen LogP contribution is 2.33. The molecule has 0 bridgehead atoms. The SMILES string of the molecule is Cc1ccc(S(=O)(=O)n2cc(CCN(C(=O)OC(C)(C)C)N(CCc3cn(S(=O)(=O)c4ccc(C)cc4)c4ccc(OC(C)C)cc34)C(=O)OC(C)(C)C)c3cc(OC(C)C)ccc32)cc1. The number of carbonyl (C=O) groups is 2. The van der Waals surface area contributed by atoms with Gasteiger partial charge in [-0.05, 0) is 168 Å². The van der Waals surface area contributed by atoms with Gasteiger partial charge in [-0.25, -0.2) is 44.4 Å². The zero-order chi connectivity index (χ0) is 48.5. The monoisotopic (exact) mass is 942 g/mol. The fourth-order valence-corrected chi connectivity index (χ4v) is 10.1. The van der Waals surface area contributed by atoms with Crippen LogP contribution in [0, 0.1) is 13.8 Å². The molecule has 6 rings (SSSR count). The van der Waals surface area contributed by atoms with Gasteiger partial charge in [0.2, 0.25) is 0 Å². The molecule has 0 saturated carbocycles. The summed E-state index contributed by atoms with van der Waals surface area (Å²) in [6.07, 6.45) is 1.13. The van der Waals surface area contributed by atoms with Crippen molar-refractivity contribution in [2.45, 2.75) is 129 Å². The number of amides is 2. The second kappa shape index (κ2) is 19.1. The molecule has 0 unspecified atom stereocenters. The molecule has 0 atom stereocenters. The number of rotatable bonds is 14. The van der Waals surface area contributed by atoms with Crippen LogP contribution >= 0.6 is 0 Å². The van der Waals surface area contributed by atoms with Gasteiger partial charge in [-0.2, -0.15) is 0 Å². The van der Waals surface area contributed by atoms with Gasteiger partial charge in [0.15, 0.2) is 0 Å². The topological polar surface area (TPSA) is 156 Å². The maximum absolute atomic E-state index is 14.4. The second-order valence-corrected chi connectivity index (χ2v) is 22.6. The van der Waals surface area contributed by atoms with Crippen LogP contribution in [0.25, 0.3) is 21.8 Å². The molecule has 0 aliphatic heterocycles. The van der Waals surface area contributed by atoms with Gasteiger partial charge in [0, 0.05) is 23.2 Å². The molecule has 0 radical (unpaired) electrons. The van der Waals surface area contributed by atoms with Gasteiger partial charge in [-0.1, -0.05) is 35.4 Å². The van der Waals surface area contributed by atoms with Gasteiger partial charge in [0.25, 0.3) is 20.0 Å². The fourth-order valence-electron chi connectivity index (χ4n) is 7.33. The van der Waals surface area contributed by atoms with Crippen molar-refractivity contribution in [3.63, 3.8) is 0 Å². The summed E-state index contributed by atoms with van der Waals surface area (Å²) in [4.78, 5) is 29.1. The number of aromatic nitrogens is 2. The summed E-state index contributed by atoms with van der Waals surface area (Å²) < 4.78 is 83.3. The van der Waals surface area contributed by atoms with Gasteiger partial charge in [0.05, 0.1) is 46.1 Å². The molecule has 0 aliphatic rings. The zero-order valence-corrected chi connectivity index (χ0v) is 41.5. The summed E-state index contributed by atoms with van der Waals surface area (Å²) in [7, 11) is -8.18. The lowest BCUT2D eigenvalue weighted by molar-refractivity contribution is -0.0619. The quantitative estimate of drug-likeness (QED) is 0.0964. The zero-order valence-electron chi connectivity index (χ0n) is 39.9. The summed E-state index contributed by atoms with van der Waals surface area (Å²) in [5, 5.41) is 3.47. The van der Waals surface area contributed by atoms with Crippen LogP contribution in [0.5, 0.6) is 11.5 Å². The van der Waals surface area contributed by atoms with Crippen LogP contribution < -0.4 is 9.47 Å². The van der Waals surface area contributed by atoms with E-state index >= 15 is 0 Å². The summed E-state index contributed by atoms with van der Waals surface area (Å²) >= 11 is 0. The Balaban J connectivity index is 1.45. The van der Waals surface area contributed by atoms with Gasteiger partial charge in [-0.3, -0.25) is 0 Å². The molecule has 2 amide bonds. The first-order valence-electron chi connectivity index (χ1n) is 22.0. The number of aryl methyl sites for hydroxylation is 2. The van der Waals surface area contributed by atoms with Crippen LogP contribution in [0.2, 0.25) is 0 Å². The number of nitrogens with zero attached hydrogens (tertiary/aromatic N) is 4. The predicted molar refractivity (Wildman–Crippen MR) is 256 cm³/mol. The van der Waals surface area contributed by atoms with Crippen LogP contribution in [0.15, 0.2) is 107 Å². The maximum Gasteiger partial charge on any atom is 0.429 e. The minimum Gasteiger partial charge on any atom is -0.491 e. The Morgan fingerprint density at radius 1 is 0.545 bits per heavy atom. The number of fused-ring (bicyclic) bond motifs is 2. The van der Waals surface area contributed by atoms with E-state index in [0.29, 0.717) is 44.4 Å². The summed E-state index contributed by atoms with van der Waals surface area (Å²) in [5.74, 6) is 1.04. The Bertz CT molecular complexity index is 2740. The molecule has 14 nitrogen and oxygen atoms in total. The van der Waals surface area contributed by atoms with Crippen molar-refractivity contribution in [3.8, 4) is 11.5 Å². The van der Waals surface area contributed by atoms with Gasteiger partial charge in [-0.15, -0.1) is 0 Å². The van der Waals surface area contributed by atoms with Crippen molar-refractivity contribution in [1.29, 1.82) is 0 Å². The van der Waals surface area contributed by atoms with Crippen molar-refractivity contribution >= 4 is 54.0 Å². The van der Waals surface area contributed by atoms with Crippen molar-refractivity contribution < 1.29 is 45.4 Å². The Hall–Kier alpha value is -6.00. The number of carbonyl (C=O) groups excluding carboxylic acids is 2. The normalized spacial score (nSPS) is 12.5. The Labute approximate surface area is 389 Å². The Kier molecular flexibility index (Phi) is 14.3. The predicted octanol–water partition coefficient (Wildman–Crippen LogP) is 10.4. The lowest BCUT2D eigenvalue weighted by Crippen LogP contribution is -2.54. The first kappa shape index (κ1) is 49.4. The fraction of sp³-hybridized carbons (Fsp3) is 0.400. The first-order chi connectivity index (χ1) is 30.7. The third kappa shape index (κ3) is 11.5. The molecule has 16 heteroatoms. The van der Waals surface area contributed by atoms with E-state index < -0.39 is 43.4 Å². The highest BCUT2D eigenvalue weighted by atomic mass is 32.2. The standard InChI is InChI=1S/C50H62N4O10S2/c1-33(2)61-39-17-23-45-43(29-39)37(31-53(45)65(57,58)41-19-13-35(5)14-20-41)25-27-51(47(55)63-49(7,8)9)52(48(56)64-50(10,11)12)28-26-38-32-54(66(59,60)42-21-15-36(6)16-22-42)46-24-18-40(30-44(38)46)62-34(3)4/h13-24,29-34H,25-28H2,1-12H3. The molecule has 4 aromatic carbocycles. The van der Waals surface area contributed by atoms with Crippen molar-refractivity contribution in [3.05, 3.63) is 120 Å². The Morgan fingerprint density at radius 2 is 0.879 bits per heavy atom. The minimum atomic E-state index is -4.09. The van der Waals surface area contributed by atoms with Crippen LogP contribution in [0.3, 0.4) is 0 Å². The largest absolute Gasteiger partial charge is 0.491 e. The molecule has 0 N–H and O–H groups in total. The van der Waals surface area contributed by atoms with E-state index in [4.69, 9.17) is 18.9 Å². The van der Waals surface area contributed by atoms with E-state index in [-0.39, 0.29) is 47.9 Å². The average Bonchev–Trinajstić information content (AvgIpc) is 3.76. The van der Waals surface area contributed by atoms with Crippen molar-refractivity contribution in [2.24, 2.45) is 0 Å². The molecule has 66 heavy (non-hydrogen) atoms. The summed E-state index contributed by atoms with van der Waals surface area (Å²) in [6, 6.07) is 23.5. The minimum absolute atomic E-state index is 0.0561. The highest BCUT2D eigenvalue weighted by molar-refractivity contribution is 7.90. The molecule has 0 fully saturated rings. The molecule has 0 saturated heterocycles. The highest BCUT2D eigenvalue weighted by Gasteiger charge is 2.34. The average molecular weight is 943 g/mol. The second-order valence-electron chi connectivity index (χ2n) is 18.9. The molecular formula is C50H62N4O10S2. The van der Waals surface area contributed by atoms with Gasteiger partial charge in [0.1, 0.15) is 22.7 Å². The molecule has 0 aliphatic carbocycles. The maximum atomic E-state index is 14.4.